The van der Waals surface area contributed by atoms with E-state index in [-0.39, 0.29) is 31.5 Å². The van der Waals surface area contributed by atoms with Gasteiger partial charge in [-0.3, -0.25) is 0 Å². The Balaban J connectivity index is 0. The van der Waals surface area contributed by atoms with E-state index in [1.165, 1.54) is 12.1 Å². The average molecular weight is 224 g/mol. The fraction of sp³-hybridized carbons (Fsp3) is 0.400. The second-order valence-corrected chi connectivity index (χ2v) is 3.50. The maximum absolute atomic E-state index is 11.8. The molecule has 0 aliphatic heterocycles. The number of hydrogen-bond donors (Lipinski definition) is 0. The van der Waals surface area contributed by atoms with Crippen LogP contribution < -0.4 is 0 Å². The van der Waals surface area contributed by atoms with E-state index in [1.54, 1.807) is 19.1 Å². The summed E-state index contributed by atoms with van der Waals surface area (Å²) >= 11 is -0.0851. The lowest BCUT2D eigenvalue weighted by Gasteiger charge is -2.05. The van der Waals surface area contributed by atoms with Crippen molar-refractivity contribution < 1.29 is 13.2 Å². The molecule has 0 aliphatic carbocycles. The third-order valence-electron chi connectivity index (χ3n) is 1.22. The first-order chi connectivity index (χ1) is 5.47. The monoisotopic (exact) mass is 224 g/mol. The SMILES string of the molecule is C.C.Cc1cccc(SC(F)(F)F)c1. The van der Waals surface area contributed by atoms with Gasteiger partial charge >= 0.3 is 5.51 Å². The minimum absolute atomic E-state index is 0. The number of alkyl halides is 3. The standard InChI is InChI=1S/C8H7F3S.2CH4/c1-6-3-2-4-7(5-6)12-8(9,10)11;;/h2-5H,1H3;2*1H4. The van der Waals surface area contributed by atoms with E-state index in [4.69, 9.17) is 0 Å². The van der Waals surface area contributed by atoms with Gasteiger partial charge in [-0.05, 0) is 30.8 Å². The minimum Gasteiger partial charge on any atom is -0.160 e. The van der Waals surface area contributed by atoms with Gasteiger partial charge in [0.1, 0.15) is 0 Å². The molecule has 82 valence electrons. The smallest absolute Gasteiger partial charge is 0.160 e. The molecular formula is C10H15F3S. The Morgan fingerprint density at radius 3 is 2.14 bits per heavy atom. The van der Waals surface area contributed by atoms with E-state index in [2.05, 4.69) is 0 Å². The summed E-state index contributed by atoms with van der Waals surface area (Å²) in [5, 5.41) is 0. The van der Waals surface area contributed by atoms with Crippen LogP contribution in [-0.2, 0) is 0 Å². The van der Waals surface area contributed by atoms with Gasteiger partial charge in [-0.2, -0.15) is 13.2 Å². The molecule has 0 aromatic heterocycles. The number of thioether (sulfide) groups is 1. The Hall–Kier alpha value is -0.640. The predicted octanol–water partition coefficient (Wildman–Crippen LogP) is 4.88. The van der Waals surface area contributed by atoms with Crippen molar-refractivity contribution in [3.63, 3.8) is 0 Å². The molecule has 0 nitrogen and oxygen atoms in total. The first-order valence-electron chi connectivity index (χ1n) is 3.30. The van der Waals surface area contributed by atoms with E-state index in [0.717, 1.165) is 5.56 Å². The lowest BCUT2D eigenvalue weighted by Crippen LogP contribution is -1.98. The Morgan fingerprint density at radius 1 is 1.14 bits per heavy atom. The summed E-state index contributed by atoms with van der Waals surface area (Å²) in [5.74, 6) is 0. The van der Waals surface area contributed by atoms with Gasteiger partial charge in [0.15, 0.2) is 0 Å². The van der Waals surface area contributed by atoms with Gasteiger partial charge in [0.05, 0.1) is 0 Å². The second kappa shape index (κ2) is 5.96. The first-order valence-corrected chi connectivity index (χ1v) is 4.11. The van der Waals surface area contributed by atoms with Gasteiger partial charge in [0.25, 0.3) is 0 Å². The Labute approximate surface area is 87.5 Å². The Bertz CT molecular complexity index is 268. The second-order valence-electron chi connectivity index (χ2n) is 2.36. The third kappa shape index (κ3) is 5.91. The van der Waals surface area contributed by atoms with Crippen molar-refractivity contribution in [1.29, 1.82) is 0 Å². The number of aryl methyl sites for hydroxylation is 1. The average Bonchev–Trinajstić information content (AvgIpc) is 1.82. The summed E-state index contributed by atoms with van der Waals surface area (Å²) < 4.78 is 35.5. The number of hydrogen-bond acceptors (Lipinski definition) is 1. The van der Waals surface area contributed by atoms with Gasteiger partial charge in [0, 0.05) is 4.90 Å². The maximum atomic E-state index is 11.8. The molecule has 0 aliphatic rings. The van der Waals surface area contributed by atoms with Crippen LogP contribution in [-0.4, -0.2) is 5.51 Å². The van der Waals surface area contributed by atoms with Crippen LogP contribution in [0.4, 0.5) is 13.2 Å². The summed E-state index contributed by atoms with van der Waals surface area (Å²) in [6, 6.07) is 6.34. The molecule has 14 heavy (non-hydrogen) atoms. The summed E-state index contributed by atoms with van der Waals surface area (Å²) in [6.45, 7) is 1.76. The minimum atomic E-state index is -4.19. The van der Waals surface area contributed by atoms with Gasteiger partial charge in [-0.15, -0.1) is 0 Å². The molecule has 1 aromatic rings. The molecule has 1 aromatic carbocycles. The van der Waals surface area contributed by atoms with Crippen LogP contribution in [0, 0.1) is 6.92 Å². The third-order valence-corrected chi connectivity index (χ3v) is 1.94. The van der Waals surface area contributed by atoms with Crippen molar-refractivity contribution >= 4 is 11.8 Å². The maximum Gasteiger partial charge on any atom is 0.446 e. The van der Waals surface area contributed by atoms with Gasteiger partial charge in [-0.25, -0.2) is 0 Å². The van der Waals surface area contributed by atoms with Crippen LogP contribution in [0.15, 0.2) is 29.2 Å². The molecule has 0 radical (unpaired) electrons. The van der Waals surface area contributed by atoms with Crippen molar-refractivity contribution in [3.8, 4) is 0 Å². The van der Waals surface area contributed by atoms with Crippen molar-refractivity contribution in [2.24, 2.45) is 0 Å². The van der Waals surface area contributed by atoms with Crippen molar-refractivity contribution in [2.45, 2.75) is 32.2 Å². The van der Waals surface area contributed by atoms with Crippen LogP contribution in [0.1, 0.15) is 20.4 Å². The molecule has 1 rings (SSSR count). The number of rotatable bonds is 1. The molecule has 0 saturated heterocycles. The molecule has 0 fully saturated rings. The lowest BCUT2D eigenvalue weighted by atomic mass is 10.2. The van der Waals surface area contributed by atoms with Crippen LogP contribution in [0.5, 0.6) is 0 Å². The van der Waals surface area contributed by atoms with E-state index < -0.39 is 5.51 Å². The van der Waals surface area contributed by atoms with Gasteiger partial charge in [0.2, 0.25) is 0 Å². The largest absolute Gasteiger partial charge is 0.446 e. The summed E-state index contributed by atoms with van der Waals surface area (Å²) in [6.07, 6.45) is 0. The summed E-state index contributed by atoms with van der Waals surface area (Å²) in [5.41, 5.74) is -3.35. The zero-order valence-corrected chi connectivity index (χ0v) is 7.17. The molecule has 0 bridgehead atoms. The van der Waals surface area contributed by atoms with Crippen LogP contribution in [0.2, 0.25) is 0 Å². The zero-order chi connectivity index (χ0) is 9.19. The lowest BCUT2D eigenvalue weighted by molar-refractivity contribution is -0.0328. The molecule has 0 unspecified atom stereocenters. The van der Waals surface area contributed by atoms with Crippen molar-refractivity contribution in [2.75, 3.05) is 0 Å². The zero-order valence-electron chi connectivity index (χ0n) is 6.35. The van der Waals surface area contributed by atoms with E-state index >= 15 is 0 Å². The van der Waals surface area contributed by atoms with Crippen molar-refractivity contribution in [1.82, 2.24) is 0 Å². The fourth-order valence-corrected chi connectivity index (χ4v) is 1.47. The molecule has 0 spiro atoms. The predicted molar refractivity (Wildman–Crippen MR) is 56.6 cm³/mol. The Kier molecular flexibility index (Phi) is 6.73. The number of halogens is 3. The molecule has 0 amide bonds. The quantitative estimate of drug-likeness (QED) is 0.613. The van der Waals surface area contributed by atoms with Gasteiger partial charge in [-0.1, -0.05) is 32.5 Å². The molecule has 4 heteroatoms. The van der Waals surface area contributed by atoms with Crippen LogP contribution >= 0.6 is 11.8 Å². The summed E-state index contributed by atoms with van der Waals surface area (Å²) in [7, 11) is 0. The van der Waals surface area contributed by atoms with E-state index in [1.807, 2.05) is 0 Å². The first kappa shape index (κ1) is 15.8. The van der Waals surface area contributed by atoms with Crippen LogP contribution in [0.3, 0.4) is 0 Å². The highest BCUT2D eigenvalue weighted by atomic mass is 32.2. The number of benzene rings is 1. The molecule has 0 heterocycles. The molecule has 0 atom stereocenters. The Morgan fingerprint density at radius 2 is 1.71 bits per heavy atom. The van der Waals surface area contributed by atoms with Crippen molar-refractivity contribution in [3.05, 3.63) is 29.8 Å². The molecule has 0 saturated carbocycles. The van der Waals surface area contributed by atoms with Gasteiger partial charge < -0.3 is 0 Å². The van der Waals surface area contributed by atoms with E-state index in [9.17, 15) is 13.2 Å². The molecule has 0 N–H and O–H groups in total. The topological polar surface area (TPSA) is 0 Å². The van der Waals surface area contributed by atoms with Crippen LogP contribution in [0.25, 0.3) is 0 Å². The summed E-state index contributed by atoms with van der Waals surface area (Å²) in [4.78, 5) is 0.238. The fourth-order valence-electron chi connectivity index (χ4n) is 0.812. The highest BCUT2D eigenvalue weighted by molar-refractivity contribution is 8.00. The molecular weight excluding hydrogens is 209 g/mol. The van der Waals surface area contributed by atoms with E-state index in [0.29, 0.717) is 0 Å². The highest BCUT2D eigenvalue weighted by Gasteiger charge is 2.28. The highest BCUT2D eigenvalue weighted by Crippen LogP contribution is 2.36. The normalized spacial score (nSPS) is 10.0.